The van der Waals surface area contributed by atoms with Crippen molar-refractivity contribution in [3.63, 3.8) is 0 Å². The first kappa shape index (κ1) is 15.9. The molecule has 0 radical (unpaired) electrons. The number of hydrogen-bond acceptors (Lipinski definition) is 4. The number of amides is 1. The number of ether oxygens (including phenoxy) is 1. The van der Waals surface area contributed by atoms with Crippen LogP contribution in [0.3, 0.4) is 0 Å². The molecule has 1 aromatic carbocycles. The molecule has 2 rings (SSSR count). The van der Waals surface area contributed by atoms with Gasteiger partial charge in [0.25, 0.3) is 5.91 Å². The fourth-order valence-corrected chi connectivity index (χ4v) is 2.80. The third-order valence-corrected chi connectivity index (χ3v) is 3.90. The van der Waals surface area contributed by atoms with Crippen LogP contribution in [-0.2, 0) is 9.53 Å². The molecular weight excluding hydrogens is 315 g/mol. The zero-order chi connectivity index (χ0) is 15.4. The Kier molecular flexibility index (Phi) is 5.31. The maximum absolute atomic E-state index is 11.9. The van der Waals surface area contributed by atoms with Crippen LogP contribution in [0.15, 0.2) is 12.1 Å². The largest absolute Gasteiger partial charge is 0.452 e. The zero-order valence-corrected chi connectivity index (χ0v) is 12.8. The van der Waals surface area contributed by atoms with Gasteiger partial charge in [-0.1, -0.05) is 36.0 Å². The molecule has 0 saturated heterocycles. The summed E-state index contributed by atoms with van der Waals surface area (Å²) in [6, 6.07) is 2.98. The van der Waals surface area contributed by atoms with Crippen LogP contribution in [0.2, 0.25) is 10.0 Å². The molecule has 7 heteroatoms. The van der Waals surface area contributed by atoms with Crippen molar-refractivity contribution in [2.75, 3.05) is 12.3 Å². The van der Waals surface area contributed by atoms with Crippen molar-refractivity contribution >= 4 is 40.8 Å². The predicted octanol–water partition coefficient (Wildman–Crippen LogP) is 2.79. The Balaban J connectivity index is 1.91. The molecule has 1 aliphatic rings. The van der Waals surface area contributed by atoms with E-state index in [0.29, 0.717) is 0 Å². The third kappa shape index (κ3) is 4.25. The topological polar surface area (TPSA) is 81.4 Å². The molecule has 1 aliphatic carbocycles. The number of nitrogens with one attached hydrogen (secondary N) is 1. The standard InChI is InChI=1S/C14H16Cl2N2O3/c15-8-5-10(13(17)11(16)6-8)14(20)21-7-12(19)18-9-3-1-2-4-9/h5-6,9H,1-4,7,17H2,(H,18,19). The fourth-order valence-electron chi connectivity index (χ4n) is 2.30. The van der Waals surface area contributed by atoms with Crippen molar-refractivity contribution < 1.29 is 14.3 Å². The monoisotopic (exact) mass is 330 g/mol. The Morgan fingerprint density at radius 1 is 1.29 bits per heavy atom. The molecule has 0 heterocycles. The lowest BCUT2D eigenvalue weighted by atomic mass is 10.2. The quantitative estimate of drug-likeness (QED) is 0.657. The van der Waals surface area contributed by atoms with E-state index < -0.39 is 5.97 Å². The molecule has 3 N–H and O–H groups in total. The fraction of sp³-hybridized carbons (Fsp3) is 0.429. The van der Waals surface area contributed by atoms with Gasteiger partial charge in [-0.25, -0.2) is 4.79 Å². The highest BCUT2D eigenvalue weighted by Crippen LogP contribution is 2.28. The smallest absolute Gasteiger partial charge is 0.340 e. The van der Waals surface area contributed by atoms with Crippen LogP contribution in [0.5, 0.6) is 0 Å². The van der Waals surface area contributed by atoms with Crippen molar-refractivity contribution in [1.29, 1.82) is 0 Å². The Morgan fingerprint density at radius 3 is 2.62 bits per heavy atom. The number of halogens is 2. The summed E-state index contributed by atoms with van der Waals surface area (Å²) in [5.74, 6) is -1.04. The lowest BCUT2D eigenvalue weighted by molar-refractivity contribution is -0.124. The van der Waals surface area contributed by atoms with E-state index in [-0.39, 0.29) is 39.9 Å². The van der Waals surface area contributed by atoms with Gasteiger partial charge in [-0.15, -0.1) is 0 Å². The summed E-state index contributed by atoms with van der Waals surface area (Å²) in [6.45, 7) is -0.348. The molecule has 0 bridgehead atoms. The van der Waals surface area contributed by atoms with E-state index in [1.54, 1.807) is 0 Å². The second-order valence-corrected chi connectivity index (χ2v) is 5.82. The summed E-state index contributed by atoms with van der Waals surface area (Å²) in [6.07, 6.45) is 4.16. The number of rotatable bonds is 4. The Bertz CT molecular complexity index is 557. The summed E-state index contributed by atoms with van der Waals surface area (Å²) < 4.78 is 4.94. The summed E-state index contributed by atoms with van der Waals surface area (Å²) in [7, 11) is 0. The predicted molar refractivity (Wildman–Crippen MR) is 81.6 cm³/mol. The average molecular weight is 331 g/mol. The minimum absolute atomic E-state index is 0.0566. The molecule has 0 aromatic heterocycles. The average Bonchev–Trinajstić information content (AvgIpc) is 2.93. The number of esters is 1. The van der Waals surface area contributed by atoms with E-state index in [1.807, 2.05) is 0 Å². The van der Waals surface area contributed by atoms with Crippen LogP contribution >= 0.6 is 23.2 Å². The molecule has 1 fully saturated rings. The van der Waals surface area contributed by atoms with Crippen molar-refractivity contribution in [2.45, 2.75) is 31.7 Å². The highest BCUT2D eigenvalue weighted by atomic mass is 35.5. The summed E-state index contributed by atoms with van der Waals surface area (Å²) in [5.41, 5.74) is 5.84. The number of nitrogen functional groups attached to an aromatic ring is 1. The van der Waals surface area contributed by atoms with Crippen LogP contribution in [0.25, 0.3) is 0 Å². The van der Waals surface area contributed by atoms with E-state index in [9.17, 15) is 9.59 Å². The van der Waals surface area contributed by atoms with E-state index in [1.165, 1.54) is 12.1 Å². The van der Waals surface area contributed by atoms with Crippen LogP contribution in [0, 0.1) is 0 Å². The second-order valence-electron chi connectivity index (χ2n) is 4.97. The number of carbonyl (C=O) groups is 2. The van der Waals surface area contributed by atoms with Crippen LogP contribution < -0.4 is 11.1 Å². The van der Waals surface area contributed by atoms with Gasteiger partial charge in [0.15, 0.2) is 6.61 Å². The van der Waals surface area contributed by atoms with Gasteiger partial charge in [0.2, 0.25) is 0 Å². The highest BCUT2D eigenvalue weighted by Gasteiger charge is 2.19. The maximum Gasteiger partial charge on any atom is 0.340 e. The molecule has 0 atom stereocenters. The first-order chi connectivity index (χ1) is 9.97. The molecule has 0 aliphatic heterocycles. The summed E-state index contributed by atoms with van der Waals surface area (Å²) >= 11 is 11.7. The highest BCUT2D eigenvalue weighted by molar-refractivity contribution is 6.37. The third-order valence-electron chi connectivity index (χ3n) is 3.37. The summed E-state index contributed by atoms with van der Waals surface area (Å²) in [5, 5.41) is 3.27. The van der Waals surface area contributed by atoms with E-state index in [4.69, 9.17) is 33.7 Å². The second kappa shape index (κ2) is 7.00. The number of carbonyl (C=O) groups excluding carboxylic acids is 2. The van der Waals surface area contributed by atoms with E-state index >= 15 is 0 Å². The first-order valence-corrected chi connectivity index (χ1v) is 7.44. The van der Waals surface area contributed by atoms with Gasteiger partial charge < -0.3 is 15.8 Å². The van der Waals surface area contributed by atoms with E-state index in [2.05, 4.69) is 5.32 Å². The van der Waals surface area contributed by atoms with E-state index in [0.717, 1.165) is 25.7 Å². The number of nitrogens with two attached hydrogens (primary N) is 1. The van der Waals surface area contributed by atoms with Crippen LogP contribution in [-0.4, -0.2) is 24.5 Å². The van der Waals surface area contributed by atoms with Crippen molar-refractivity contribution in [2.24, 2.45) is 0 Å². The van der Waals surface area contributed by atoms with Gasteiger partial charge in [-0.05, 0) is 25.0 Å². The molecule has 1 amide bonds. The van der Waals surface area contributed by atoms with Crippen molar-refractivity contribution in [3.8, 4) is 0 Å². The molecular formula is C14H16Cl2N2O3. The van der Waals surface area contributed by atoms with Gasteiger partial charge in [-0.2, -0.15) is 0 Å². The van der Waals surface area contributed by atoms with Gasteiger partial charge in [0.05, 0.1) is 16.3 Å². The molecule has 0 spiro atoms. The first-order valence-electron chi connectivity index (χ1n) is 6.68. The van der Waals surface area contributed by atoms with Gasteiger partial charge in [-0.3, -0.25) is 4.79 Å². The molecule has 1 aromatic rings. The zero-order valence-electron chi connectivity index (χ0n) is 11.3. The minimum atomic E-state index is -0.724. The van der Waals surface area contributed by atoms with Gasteiger partial charge in [0.1, 0.15) is 0 Å². The van der Waals surface area contributed by atoms with Crippen LogP contribution in [0.1, 0.15) is 36.0 Å². The number of benzene rings is 1. The Morgan fingerprint density at radius 2 is 1.95 bits per heavy atom. The molecule has 1 saturated carbocycles. The maximum atomic E-state index is 11.9. The lowest BCUT2D eigenvalue weighted by Crippen LogP contribution is -2.35. The molecule has 21 heavy (non-hydrogen) atoms. The van der Waals surface area contributed by atoms with Gasteiger partial charge in [0, 0.05) is 11.1 Å². The van der Waals surface area contributed by atoms with Crippen molar-refractivity contribution in [3.05, 3.63) is 27.7 Å². The van der Waals surface area contributed by atoms with Crippen LogP contribution in [0.4, 0.5) is 5.69 Å². The van der Waals surface area contributed by atoms with Gasteiger partial charge >= 0.3 is 5.97 Å². The normalized spacial score (nSPS) is 15.0. The molecule has 5 nitrogen and oxygen atoms in total. The Hall–Kier alpha value is -1.46. The minimum Gasteiger partial charge on any atom is -0.452 e. The summed E-state index contributed by atoms with van der Waals surface area (Å²) in [4.78, 5) is 23.6. The lowest BCUT2D eigenvalue weighted by Gasteiger charge is -2.12. The number of anilines is 1. The van der Waals surface area contributed by atoms with Crippen molar-refractivity contribution in [1.82, 2.24) is 5.32 Å². The Labute approximate surface area is 132 Å². The molecule has 0 unspecified atom stereocenters. The SMILES string of the molecule is Nc1c(Cl)cc(Cl)cc1C(=O)OCC(=O)NC1CCCC1. The molecule has 114 valence electrons. The number of hydrogen-bond donors (Lipinski definition) is 2.